The van der Waals surface area contributed by atoms with Crippen LogP contribution in [0.3, 0.4) is 0 Å². The van der Waals surface area contributed by atoms with Gasteiger partial charge < -0.3 is 10.1 Å². The normalized spacial score (nSPS) is 23.5. The average molecular weight is 157 g/mol. The number of rotatable bonds is 3. The molecule has 0 unspecified atom stereocenters. The van der Waals surface area contributed by atoms with Gasteiger partial charge in [0.25, 0.3) is 0 Å². The standard InChI is InChI=1S/C9H19NO/c1-3-4-9(10-2)5-7-11-8-6-9/h10H,3-8H2,1-2H3. The zero-order valence-electron chi connectivity index (χ0n) is 7.65. The summed E-state index contributed by atoms with van der Waals surface area (Å²) in [5.41, 5.74) is 0.396. The first-order valence-electron chi connectivity index (χ1n) is 4.60. The quantitative estimate of drug-likeness (QED) is 0.671. The Morgan fingerprint density at radius 3 is 2.45 bits per heavy atom. The molecule has 0 amide bonds. The van der Waals surface area contributed by atoms with Crippen molar-refractivity contribution in [1.82, 2.24) is 5.32 Å². The van der Waals surface area contributed by atoms with Crippen LogP contribution >= 0.6 is 0 Å². The van der Waals surface area contributed by atoms with Crippen molar-refractivity contribution in [2.24, 2.45) is 0 Å². The van der Waals surface area contributed by atoms with Gasteiger partial charge in [-0.05, 0) is 26.3 Å². The largest absolute Gasteiger partial charge is 0.381 e. The van der Waals surface area contributed by atoms with E-state index in [2.05, 4.69) is 19.3 Å². The van der Waals surface area contributed by atoms with Crippen molar-refractivity contribution in [2.75, 3.05) is 20.3 Å². The highest BCUT2D eigenvalue weighted by atomic mass is 16.5. The summed E-state index contributed by atoms with van der Waals surface area (Å²) < 4.78 is 5.33. The summed E-state index contributed by atoms with van der Waals surface area (Å²) in [6, 6.07) is 0. The van der Waals surface area contributed by atoms with Crippen LogP contribution < -0.4 is 5.32 Å². The third-order valence-corrected chi connectivity index (χ3v) is 2.71. The van der Waals surface area contributed by atoms with Crippen molar-refractivity contribution in [3.8, 4) is 0 Å². The highest BCUT2D eigenvalue weighted by Crippen LogP contribution is 2.24. The molecule has 0 saturated carbocycles. The average Bonchev–Trinajstić information content (AvgIpc) is 2.07. The third-order valence-electron chi connectivity index (χ3n) is 2.71. The topological polar surface area (TPSA) is 21.3 Å². The summed E-state index contributed by atoms with van der Waals surface area (Å²) in [5.74, 6) is 0. The Kier molecular flexibility index (Phi) is 3.34. The lowest BCUT2D eigenvalue weighted by molar-refractivity contribution is 0.0375. The molecule has 1 aliphatic heterocycles. The van der Waals surface area contributed by atoms with E-state index in [-0.39, 0.29) is 0 Å². The Labute approximate surface area is 69.3 Å². The molecule has 0 aromatic carbocycles. The highest BCUT2D eigenvalue weighted by molar-refractivity contribution is 4.88. The van der Waals surface area contributed by atoms with E-state index < -0.39 is 0 Å². The molecular formula is C9H19NO. The van der Waals surface area contributed by atoms with E-state index in [4.69, 9.17) is 4.74 Å². The second-order valence-electron chi connectivity index (χ2n) is 3.39. The van der Waals surface area contributed by atoms with Gasteiger partial charge in [-0.25, -0.2) is 0 Å². The molecular weight excluding hydrogens is 138 g/mol. The minimum atomic E-state index is 0.396. The molecule has 0 aliphatic carbocycles. The van der Waals surface area contributed by atoms with E-state index in [0.717, 1.165) is 13.2 Å². The van der Waals surface area contributed by atoms with E-state index in [1.807, 2.05) is 0 Å². The van der Waals surface area contributed by atoms with Crippen LogP contribution in [-0.4, -0.2) is 25.8 Å². The van der Waals surface area contributed by atoms with E-state index in [1.165, 1.54) is 25.7 Å². The van der Waals surface area contributed by atoms with E-state index in [0.29, 0.717) is 5.54 Å². The van der Waals surface area contributed by atoms with Crippen molar-refractivity contribution in [3.05, 3.63) is 0 Å². The van der Waals surface area contributed by atoms with E-state index in [1.54, 1.807) is 0 Å². The van der Waals surface area contributed by atoms with Gasteiger partial charge in [0.05, 0.1) is 0 Å². The first kappa shape index (κ1) is 9.01. The van der Waals surface area contributed by atoms with Crippen molar-refractivity contribution in [2.45, 2.75) is 38.1 Å². The maximum Gasteiger partial charge on any atom is 0.0483 e. The van der Waals surface area contributed by atoms with Crippen molar-refractivity contribution >= 4 is 0 Å². The molecule has 1 fully saturated rings. The van der Waals surface area contributed by atoms with Gasteiger partial charge in [-0.2, -0.15) is 0 Å². The van der Waals surface area contributed by atoms with Crippen LogP contribution in [-0.2, 0) is 4.74 Å². The van der Waals surface area contributed by atoms with Crippen LogP contribution in [0.4, 0.5) is 0 Å². The Morgan fingerprint density at radius 2 is 2.00 bits per heavy atom. The van der Waals surface area contributed by atoms with Crippen molar-refractivity contribution in [1.29, 1.82) is 0 Å². The molecule has 1 N–H and O–H groups in total. The second-order valence-corrected chi connectivity index (χ2v) is 3.39. The Balaban J connectivity index is 2.42. The summed E-state index contributed by atoms with van der Waals surface area (Å²) >= 11 is 0. The first-order valence-corrected chi connectivity index (χ1v) is 4.60. The predicted octanol–water partition coefficient (Wildman–Crippen LogP) is 1.56. The SMILES string of the molecule is CCCC1(NC)CCOCC1. The fraction of sp³-hybridized carbons (Fsp3) is 1.00. The molecule has 11 heavy (non-hydrogen) atoms. The van der Waals surface area contributed by atoms with Crippen LogP contribution in [0.25, 0.3) is 0 Å². The Hall–Kier alpha value is -0.0800. The van der Waals surface area contributed by atoms with Crippen molar-refractivity contribution < 1.29 is 4.74 Å². The molecule has 0 aromatic rings. The van der Waals surface area contributed by atoms with Crippen LogP contribution in [0.15, 0.2) is 0 Å². The molecule has 1 rings (SSSR count). The van der Waals surface area contributed by atoms with Gasteiger partial charge in [-0.15, -0.1) is 0 Å². The van der Waals surface area contributed by atoms with Gasteiger partial charge in [-0.1, -0.05) is 13.3 Å². The minimum absolute atomic E-state index is 0.396. The highest BCUT2D eigenvalue weighted by Gasteiger charge is 2.29. The Morgan fingerprint density at radius 1 is 1.36 bits per heavy atom. The lowest BCUT2D eigenvalue weighted by atomic mass is 9.86. The molecule has 0 radical (unpaired) electrons. The smallest absolute Gasteiger partial charge is 0.0483 e. The molecule has 2 nitrogen and oxygen atoms in total. The summed E-state index contributed by atoms with van der Waals surface area (Å²) in [7, 11) is 2.07. The summed E-state index contributed by atoms with van der Waals surface area (Å²) in [6.07, 6.45) is 4.91. The molecule has 1 aliphatic rings. The van der Waals surface area contributed by atoms with Crippen LogP contribution in [0.2, 0.25) is 0 Å². The van der Waals surface area contributed by atoms with Crippen LogP contribution in [0.1, 0.15) is 32.6 Å². The zero-order valence-corrected chi connectivity index (χ0v) is 7.65. The molecule has 66 valence electrons. The summed E-state index contributed by atoms with van der Waals surface area (Å²) in [6.45, 7) is 4.11. The van der Waals surface area contributed by atoms with Gasteiger partial charge in [0, 0.05) is 18.8 Å². The third kappa shape index (κ3) is 2.17. The molecule has 0 bridgehead atoms. The lowest BCUT2D eigenvalue weighted by Crippen LogP contribution is -2.47. The fourth-order valence-electron chi connectivity index (χ4n) is 1.87. The van der Waals surface area contributed by atoms with E-state index >= 15 is 0 Å². The molecule has 0 spiro atoms. The van der Waals surface area contributed by atoms with Gasteiger partial charge in [0.15, 0.2) is 0 Å². The van der Waals surface area contributed by atoms with Gasteiger partial charge in [-0.3, -0.25) is 0 Å². The molecule has 0 aromatic heterocycles. The number of hydrogen-bond acceptors (Lipinski definition) is 2. The van der Waals surface area contributed by atoms with Crippen molar-refractivity contribution in [3.63, 3.8) is 0 Å². The molecule has 1 saturated heterocycles. The van der Waals surface area contributed by atoms with Crippen LogP contribution in [0.5, 0.6) is 0 Å². The van der Waals surface area contributed by atoms with Gasteiger partial charge in [0.1, 0.15) is 0 Å². The first-order chi connectivity index (χ1) is 5.33. The predicted molar refractivity (Wildman–Crippen MR) is 46.8 cm³/mol. The second kappa shape index (κ2) is 4.07. The maximum absolute atomic E-state index is 5.33. The van der Waals surface area contributed by atoms with Gasteiger partial charge >= 0.3 is 0 Å². The van der Waals surface area contributed by atoms with E-state index in [9.17, 15) is 0 Å². The maximum atomic E-state index is 5.33. The molecule has 1 heterocycles. The summed E-state index contributed by atoms with van der Waals surface area (Å²) in [5, 5.41) is 3.44. The number of nitrogens with one attached hydrogen (secondary N) is 1. The van der Waals surface area contributed by atoms with Crippen LogP contribution in [0, 0.1) is 0 Å². The molecule has 0 atom stereocenters. The fourth-order valence-corrected chi connectivity index (χ4v) is 1.87. The summed E-state index contributed by atoms with van der Waals surface area (Å²) in [4.78, 5) is 0. The number of ether oxygens (including phenoxy) is 1. The monoisotopic (exact) mass is 157 g/mol. The number of hydrogen-bond donors (Lipinski definition) is 1. The molecule has 2 heteroatoms. The Bertz CT molecular complexity index is 103. The minimum Gasteiger partial charge on any atom is -0.381 e. The lowest BCUT2D eigenvalue weighted by Gasteiger charge is -2.36. The van der Waals surface area contributed by atoms with Gasteiger partial charge in [0.2, 0.25) is 0 Å². The zero-order chi connectivity index (χ0) is 8.16.